The highest BCUT2D eigenvalue weighted by Gasteiger charge is 2.22. The molecule has 222 valence electrons. The van der Waals surface area contributed by atoms with Crippen LogP contribution < -0.4 is 5.32 Å². The number of para-hydroxylation sites is 2. The largest absolute Gasteiger partial charge is 0.461 e. The summed E-state index contributed by atoms with van der Waals surface area (Å²) in [6.07, 6.45) is 2.31. The number of rotatable bonds is 15. The molecular weight excluding hydrogens is 544 g/mol. The molecule has 4 rings (SSSR count). The molecule has 2 amide bonds. The van der Waals surface area contributed by atoms with Crippen LogP contribution in [0.4, 0.5) is 4.79 Å². The van der Waals surface area contributed by atoms with Crippen LogP contribution in [0.25, 0.3) is 11.0 Å². The molecule has 0 bridgehead atoms. The molecule has 0 spiro atoms. The highest BCUT2D eigenvalue weighted by Crippen LogP contribution is 2.27. The van der Waals surface area contributed by atoms with E-state index in [1.165, 1.54) is 11.1 Å². The average molecular weight is 587 g/mol. The van der Waals surface area contributed by atoms with Crippen molar-refractivity contribution in [3.8, 4) is 0 Å². The molecule has 1 N–H and O–H groups in total. The quantitative estimate of drug-likeness (QED) is 0.0912. The second-order valence-corrected chi connectivity index (χ2v) is 11.5. The lowest BCUT2D eigenvalue weighted by atomic mass is 9.91. The summed E-state index contributed by atoms with van der Waals surface area (Å²) in [7, 11) is 0. The second kappa shape index (κ2) is 16.0. The number of benzene rings is 3. The number of thioether (sulfide) groups is 1. The molecule has 0 radical (unpaired) electrons. The number of carbonyl (C=O) groups is 2. The van der Waals surface area contributed by atoms with Crippen LogP contribution in [-0.2, 0) is 16.1 Å². The van der Waals surface area contributed by atoms with E-state index >= 15 is 0 Å². The van der Waals surface area contributed by atoms with Gasteiger partial charge in [0.1, 0.15) is 6.54 Å². The highest BCUT2D eigenvalue weighted by atomic mass is 32.2. The molecule has 0 aliphatic rings. The SMILES string of the molecule is CCCNC(=O)N(CCCSc1nc2ccccc2n1CC(=O)OC(C)CC)CC(c1ccccc1)c1ccccc1. The van der Waals surface area contributed by atoms with Crippen molar-refractivity contribution in [3.63, 3.8) is 0 Å². The monoisotopic (exact) mass is 586 g/mol. The minimum Gasteiger partial charge on any atom is -0.461 e. The number of nitrogens with zero attached hydrogens (tertiary/aromatic N) is 3. The van der Waals surface area contributed by atoms with Gasteiger partial charge in [0.2, 0.25) is 0 Å². The minimum absolute atomic E-state index is 0.0428. The summed E-state index contributed by atoms with van der Waals surface area (Å²) < 4.78 is 7.50. The zero-order chi connectivity index (χ0) is 29.7. The van der Waals surface area contributed by atoms with E-state index in [-0.39, 0.29) is 30.6 Å². The molecule has 0 fully saturated rings. The van der Waals surface area contributed by atoms with Crippen molar-refractivity contribution in [1.29, 1.82) is 0 Å². The van der Waals surface area contributed by atoms with Gasteiger partial charge >= 0.3 is 12.0 Å². The summed E-state index contributed by atoms with van der Waals surface area (Å²) in [6.45, 7) is 7.91. The Balaban J connectivity index is 1.47. The van der Waals surface area contributed by atoms with Gasteiger partial charge in [-0.3, -0.25) is 4.79 Å². The van der Waals surface area contributed by atoms with Crippen LogP contribution in [0.2, 0.25) is 0 Å². The van der Waals surface area contributed by atoms with Crippen LogP contribution >= 0.6 is 11.8 Å². The first-order valence-corrected chi connectivity index (χ1v) is 15.9. The number of carbonyl (C=O) groups excluding carboxylic acids is 2. The first-order chi connectivity index (χ1) is 20.5. The van der Waals surface area contributed by atoms with Gasteiger partial charge in [0, 0.05) is 31.3 Å². The van der Waals surface area contributed by atoms with Crippen molar-refractivity contribution in [2.75, 3.05) is 25.4 Å². The van der Waals surface area contributed by atoms with Gasteiger partial charge in [-0.25, -0.2) is 9.78 Å². The number of esters is 1. The Kier molecular flexibility index (Phi) is 11.9. The zero-order valence-corrected chi connectivity index (χ0v) is 25.7. The van der Waals surface area contributed by atoms with E-state index in [0.29, 0.717) is 19.6 Å². The van der Waals surface area contributed by atoms with Crippen molar-refractivity contribution in [2.45, 2.75) is 63.8 Å². The second-order valence-electron chi connectivity index (χ2n) is 10.4. The molecule has 1 heterocycles. The van der Waals surface area contributed by atoms with Gasteiger partial charge in [0.15, 0.2) is 5.16 Å². The number of ether oxygens (including phenoxy) is 1. The van der Waals surface area contributed by atoms with E-state index in [1.54, 1.807) is 11.8 Å². The van der Waals surface area contributed by atoms with E-state index in [2.05, 4.69) is 36.5 Å². The number of amides is 2. The number of imidazole rings is 1. The summed E-state index contributed by atoms with van der Waals surface area (Å²) in [4.78, 5) is 32.7. The molecule has 42 heavy (non-hydrogen) atoms. The van der Waals surface area contributed by atoms with Crippen molar-refractivity contribution in [3.05, 3.63) is 96.1 Å². The third-order valence-corrected chi connectivity index (χ3v) is 8.30. The van der Waals surface area contributed by atoms with Crippen molar-refractivity contribution in [1.82, 2.24) is 19.8 Å². The van der Waals surface area contributed by atoms with Crippen LogP contribution in [0.5, 0.6) is 0 Å². The highest BCUT2D eigenvalue weighted by molar-refractivity contribution is 7.99. The van der Waals surface area contributed by atoms with Crippen LogP contribution in [0.3, 0.4) is 0 Å². The fourth-order valence-corrected chi connectivity index (χ4v) is 5.76. The smallest absolute Gasteiger partial charge is 0.326 e. The summed E-state index contributed by atoms with van der Waals surface area (Å²) >= 11 is 1.61. The standard InChI is InChI=1S/C34H42N4O3S/c1-4-21-35-33(40)37(24-29(27-15-8-6-9-16-27)28-17-10-7-11-18-28)22-14-23-42-34-36-30-19-12-13-20-31(30)38(34)25-32(39)41-26(3)5-2/h6-13,15-20,26,29H,4-5,14,21-25H2,1-3H3,(H,35,40). The predicted octanol–water partition coefficient (Wildman–Crippen LogP) is 7.11. The van der Waals surface area contributed by atoms with Gasteiger partial charge in [0.05, 0.1) is 17.1 Å². The number of fused-ring (bicyclic) bond motifs is 1. The molecule has 7 nitrogen and oxygen atoms in total. The zero-order valence-electron chi connectivity index (χ0n) is 24.9. The van der Waals surface area contributed by atoms with Gasteiger partial charge in [-0.1, -0.05) is 98.4 Å². The maximum Gasteiger partial charge on any atom is 0.326 e. The predicted molar refractivity (Wildman–Crippen MR) is 171 cm³/mol. The molecule has 1 unspecified atom stereocenters. The topological polar surface area (TPSA) is 76.5 Å². The summed E-state index contributed by atoms with van der Waals surface area (Å²) in [6, 6.07) is 28.6. The first kappa shape index (κ1) is 31.2. The molecule has 0 aliphatic heterocycles. The molecule has 0 saturated carbocycles. The van der Waals surface area contributed by atoms with E-state index in [0.717, 1.165) is 41.2 Å². The lowest BCUT2D eigenvalue weighted by Gasteiger charge is -2.29. The van der Waals surface area contributed by atoms with E-state index < -0.39 is 0 Å². The Hall–Kier alpha value is -3.78. The maximum absolute atomic E-state index is 13.3. The van der Waals surface area contributed by atoms with E-state index in [1.807, 2.05) is 84.0 Å². The van der Waals surface area contributed by atoms with Gasteiger partial charge in [-0.2, -0.15) is 0 Å². The number of hydrogen-bond donors (Lipinski definition) is 1. The van der Waals surface area contributed by atoms with Crippen LogP contribution in [0, 0.1) is 0 Å². The third kappa shape index (κ3) is 8.61. The Morgan fingerprint density at radius 3 is 2.24 bits per heavy atom. The molecular formula is C34H42N4O3S. The van der Waals surface area contributed by atoms with Gasteiger partial charge in [-0.15, -0.1) is 0 Å². The van der Waals surface area contributed by atoms with E-state index in [4.69, 9.17) is 9.72 Å². The molecule has 8 heteroatoms. The Morgan fingerprint density at radius 1 is 0.952 bits per heavy atom. The molecule has 1 aromatic heterocycles. The van der Waals surface area contributed by atoms with Crippen LogP contribution in [-0.4, -0.2) is 57.9 Å². The van der Waals surface area contributed by atoms with Crippen molar-refractivity contribution < 1.29 is 14.3 Å². The minimum atomic E-state index is -0.263. The molecule has 0 aliphatic carbocycles. The fraction of sp³-hybridized carbons (Fsp3) is 0.382. The lowest BCUT2D eigenvalue weighted by molar-refractivity contribution is -0.149. The Bertz CT molecular complexity index is 1370. The Morgan fingerprint density at radius 2 is 1.60 bits per heavy atom. The third-order valence-electron chi connectivity index (χ3n) is 7.24. The molecule has 3 aromatic carbocycles. The normalized spacial score (nSPS) is 11.9. The maximum atomic E-state index is 13.3. The van der Waals surface area contributed by atoms with Crippen molar-refractivity contribution >= 4 is 34.8 Å². The van der Waals surface area contributed by atoms with Crippen LogP contribution in [0.15, 0.2) is 90.1 Å². The number of nitrogens with one attached hydrogen (secondary N) is 1. The fourth-order valence-electron chi connectivity index (χ4n) is 4.82. The number of hydrogen-bond acceptors (Lipinski definition) is 5. The summed E-state index contributed by atoms with van der Waals surface area (Å²) in [5.74, 6) is 0.553. The molecule has 1 atom stereocenters. The lowest BCUT2D eigenvalue weighted by Crippen LogP contribution is -2.43. The van der Waals surface area contributed by atoms with Gasteiger partial charge < -0.3 is 19.5 Å². The number of aromatic nitrogens is 2. The van der Waals surface area contributed by atoms with Gasteiger partial charge in [-0.05, 0) is 49.4 Å². The van der Waals surface area contributed by atoms with Crippen LogP contribution in [0.1, 0.15) is 57.1 Å². The summed E-state index contributed by atoms with van der Waals surface area (Å²) in [5.41, 5.74) is 4.13. The molecule has 4 aromatic rings. The van der Waals surface area contributed by atoms with Gasteiger partial charge in [0.25, 0.3) is 0 Å². The van der Waals surface area contributed by atoms with Crippen molar-refractivity contribution in [2.24, 2.45) is 0 Å². The Labute approximate surface area is 253 Å². The average Bonchev–Trinajstić information content (AvgIpc) is 3.36. The first-order valence-electron chi connectivity index (χ1n) is 14.9. The summed E-state index contributed by atoms with van der Waals surface area (Å²) in [5, 5.41) is 3.86. The molecule has 0 saturated heterocycles. The van der Waals surface area contributed by atoms with E-state index in [9.17, 15) is 9.59 Å². The number of urea groups is 1.